The molecule has 3 nitrogen and oxygen atoms in total. The first-order valence-corrected chi connectivity index (χ1v) is 15.7. The van der Waals surface area contributed by atoms with Gasteiger partial charge < -0.3 is 9.47 Å². The Bertz CT molecular complexity index is 470. The van der Waals surface area contributed by atoms with Crippen molar-refractivity contribution in [1.82, 2.24) is 0 Å². The lowest BCUT2D eigenvalue weighted by Crippen LogP contribution is -1.88. The van der Waals surface area contributed by atoms with Crippen molar-refractivity contribution in [3.05, 3.63) is 35.9 Å². The van der Waals surface area contributed by atoms with Gasteiger partial charge in [-0.1, -0.05) is 160 Å². The Morgan fingerprint density at radius 1 is 0.514 bits per heavy atom. The van der Waals surface area contributed by atoms with Crippen LogP contribution >= 0.6 is 0 Å². The van der Waals surface area contributed by atoms with Gasteiger partial charge in [-0.2, -0.15) is 0 Å². The predicted molar refractivity (Wildman–Crippen MR) is 167 cm³/mol. The summed E-state index contributed by atoms with van der Waals surface area (Å²) in [6, 6.07) is 10.0. The lowest BCUT2D eigenvalue weighted by atomic mass is 10.1. The molecule has 0 saturated carbocycles. The van der Waals surface area contributed by atoms with Gasteiger partial charge in [0.1, 0.15) is 0 Å². The van der Waals surface area contributed by atoms with Crippen molar-refractivity contribution in [2.45, 2.75) is 142 Å². The van der Waals surface area contributed by atoms with E-state index in [0.717, 1.165) is 18.8 Å². The molecule has 218 valence electrons. The monoisotopic (exact) mass is 520 g/mol. The molecular formula is C34H65NO2. The fourth-order valence-electron chi connectivity index (χ4n) is 4.16. The first-order valence-electron chi connectivity index (χ1n) is 15.7. The summed E-state index contributed by atoms with van der Waals surface area (Å²) in [4.78, 5) is 3.88. The van der Waals surface area contributed by atoms with Crippen molar-refractivity contribution in [2.24, 2.45) is 4.99 Å². The van der Waals surface area contributed by atoms with Crippen LogP contribution in [0.15, 0.2) is 35.3 Å². The second-order valence-corrected chi connectivity index (χ2v) is 10.1. The average molecular weight is 520 g/mol. The van der Waals surface area contributed by atoms with Crippen LogP contribution in [0.4, 0.5) is 0 Å². The number of rotatable bonds is 23. The highest BCUT2D eigenvalue weighted by Crippen LogP contribution is 2.11. The smallest absolute Gasteiger partial charge is 0.0462 e. The van der Waals surface area contributed by atoms with E-state index in [0.29, 0.717) is 0 Å². The van der Waals surface area contributed by atoms with E-state index in [2.05, 4.69) is 18.8 Å². The summed E-state index contributed by atoms with van der Waals surface area (Å²) in [7, 11) is 5.34. The third-order valence-electron chi connectivity index (χ3n) is 6.48. The maximum absolute atomic E-state index is 5.01. The molecular weight excluding hydrogens is 454 g/mol. The third kappa shape index (κ3) is 37.0. The third-order valence-corrected chi connectivity index (χ3v) is 6.48. The molecule has 0 fully saturated rings. The van der Waals surface area contributed by atoms with Crippen LogP contribution in [0.2, 0.25) is 0 Å². The molecule has 0 heterocycles. The lowest BCUT2D eigenvalue weighted by Gasteiger charge is -2.01. The molecule has 37 heavy (non-hydrogen) atoms. The van der Waals surface area contributed by atoms with Gasteiger partial charge >= 0.3 is 0 Å². The summed E-state index contributed by atoms with van der Waals surface area (Å²) in [5.74, 6) is 0. The second kappa shape index (κ2) is 37.0. The Morgan fingerprint density at radius 3 is 1.14 bits per heavy atom. The van der Waals surface area contributed by atoms with E-state index in [4.69, 9.17) is 9.47 Å². The molecule has 0 unspecified atom stereocenters. The summed E-state index contributed by atoms with van der Waals surface area (Å²) in [6.45, 7) is 6.43. The second-order valence-electron chi connectivity index (χ2n) is 10.1. The molecule has 1 rings (SSSR count). The van der Waals surface area contributed by atoms with Gasteiger partial charge in [-0.15, -0.1) is 0 Å². The van der Waals surface area contributed by atoms with E-state index < -0.39 is 0 Å². The van der Waals surface area contributed by atoms with Gasteiger partial charge in [0.15, 0.2) is 0 Å². The summed E-state index contributed by atoms with van der Waals surface area (Å²) < 4.78 is 10.0. The van der Waals surface area contributed by atoms with E-state index in [-0.39, 0.29) is 0 Å². The standard InChI is InChI=1S/2C13H28O.C8H9N/c2*1-3-4-5-6-7-8-9-10-11-12-13-14-2;1-9-7-8-5-3-2-4-6-8/h2*3-13H2,1-2H3;2-7H,1H3. The molecule has 0 spiro atoms. The topological polar surface area (TPSA) is 30.8 Å². The van der Waals surface area contributed by atoms with Crippen molar-refractivity contribution in [3.63, 3.8) is 0 Å². The fourth-order valence-corrected chi connectivity index (χ4v) is 4.16. The number of aliphatic imine (C=N–C) groups is 1. The molecule has 0 amide bonds. The first-order chi connectivity index (χ1) is 18.3. The summed E-state index contributed by atoms with van der Waals surface area (Å²) in [5, 5.41) is 0. The molecule has 0 saturated heterocycles. The van der Waals surface area contributed by atoms with Crippen molar-refractivity contribution >= 4 is 6.21 Å². The van der Waals surface area contributed by atoms with Crippen LogP contribution in [0.3, 0.4) is 0 Å². The van der Waals surface area contributed by atoms with E-state index in [1.165, 1.54) is 128 Å². The van der Waals surface area contributed by atoms with Crippen molar-refractivity contribution in [3.8, 4) is 0 Å². The molecule has 1 aromatic carbocycles. The number of ether oxygens (including phenoxy) is 2. The molecule has 0 aliphatic heterocycles. The van der Waals surface area contributed by atoms with Gasteiger partial charge in [0, 0.05) is 40.7 Å². The number of unbranched alkanes of at least 4 members (excludes halogenated alkanes) is 18. The summed E-state index contributed by atoms with van der Waals surface area (Å²) >= 11 is 0. The average Bonchev–Trinajstić information content (AvgIpc) is 2.92. The maximum Gasteiger partial charge on any atom is 0.0462 e. The Balaban J connectivity index is 0. The molecule has 1 aromatic rings. The van der Waals surface area contributed by atoms with Crippen LogP contribution in [-0.4, -0.2) is 40.7 Å². The number of nitrogens with zero attached hydrogens (tertiary/aromatic N) is 1. The highest BCUT2D eigenvalue weighted by molar-refractivity contribution is 5.79. The largest absolute Gasteiger partial charge is 0.385 e. The highest BCUT2D eigenvalue weighted by atomic mass is 16.5. The fraction of sp³-hybridized carbons (Fsp3) is 0.794. The van der Waals surface area contributed by atoms with Gasteiger partial charge in [0.05, 0.1) is 0 Å². The molecule has 0 aromatic heterocycles. The van der Waals surface area contributed by atoms with Crippen LogP contribution in [0.5, 0.6) is 0 Å². The first kappa shape index (κ1) is 38.0. The number of hydrogen-bond donors (Lipinski definition) is 0. The van der Waals surface area contributed by atoms with Crippen molar-refractivity contribution in [2.75, 3.05) is 34.5 Å². The molecule has 3 heteroatoms. The Morgan fingerprint density at radius 2 is 0.838 bits per heavy atom. The van der Waals surface area contributed by atoms with E-state index >= 15 is 0 Å². The number of benzene rings is 1. The molecule has 0 aliphatic carbocycles. The zero-order chi connectivity index (χ0) is 27.5. The normalized spacial score (nSPS) is 10.6. The van der Waals surface area contributed by atoms with Crippen LogP contribution in [0.25, 0.3) is 0 Å². The van der Waals surface area contributed by atoms with Crippen LogP contribution in [0.1, 0.15) is 148 Å². The minimum Gasteiger partial charge on any atom is -0.385 e. The Labute approximate surface area is 233 Å². The van der Waals surface area contributed by atoms with Crippen LogP contribution < -0.4 is 0 Å². The van der Waals surface area contributed by atoms with E-state index in [1.807, 2.05) is 36.5 Å². The quantitative estimate of drug-likeness (QED) is 0.106. The number of methoxy groups -OCH3 is 2. The Kier molecular flexibility index (Phi) is 37.9. The summed E-state index contributed by atoms with van der Waals surface area (Å²) in [6.07, 6.45) is 29.8. The van der Waals surface area contributed by atoms with Gasteiger partial charge in [-0.25, -0.2) is 0 Å². The number of hydrogen-bond acceptors (Lipinski definition) is 3. The van der Waals surface area contributed by atoms with E-state index in [9.17, 15) is 0 Å². The van der Waals surface area contributed by atoms with E-state index in [1.54, 1.807) is 21.3 Å². The molecule has 0 N–H and O–H groups in total. The molecule has 0 atom stereocenters. The molecule has 0 aliphatic rings. The van der Waals surface area contributed by atoms with Crippen LogP contribution in [-0.2, 0) is 9.47 Å². The zero-order valence-corrected chi connectivity index (χ0v) is 25.8. The highest BCUT2D eigenvalue weighted by Gasteiger charge is 1.93. The van der Waals surface area contributed by atoms with Crippen molar-refractivity contribution < 1.29 is 9.47 Å². The zero-order valence-electron chi connectivity index (χ0n) is 25.8. The SMILES string of the molecule is CCCCCCCCCCCCOC.CCCCCCCCCCCCOC.CN=Cc1ccccc1. The van der Waals surface area contributed by atoms with Gasteiger partial charge in [0.2, 0.25) is 0 Å². The summed E-state index contributed by atoms with van der Waals surface area (Å²) in [5.41, 5.74) is 1.15. The predicted octanol–water partition coefficient (Wildman–Crippen LogP) is 10.8. The van der Waals surface area contributed by atoms with Gasteiger partial charge in [0.25, 0.3) is 0 Å². The Hall–Kier alpha value is -1.19. The van der Waals surface area contributed by atoms with Crippen molar-refractivity contribution in [1.29, 1.82) is 0 Å². The van der Waals surface area contributed by atoms with Gasteiger partial charge in [-0.3, -0.25) is 4.99 Å². The maximum atomic E-state index is 5.01. The van der Waals surface area contributed by atoms with Gasteiger partial charge in [-0.05, 0) is 18.4 Å². The minimum absolute atomic E-state index is 0.941. The minimum atomic E-state index is 0.941. The van der Waals surface area contributed by atoms with Crippen LogP contribution in [0, 0.1) is 0 Å². The molecule has 0 radical (unpaired) electrons. The molecule has 0 bridgehead atoms. The lowest BCUT2D eigenvalue weighted by molar-refractivity contribution is 0.192.